The lowest BCUT2D eigenvalue weighted by atomic mass is 10.2. The molecular formula is C13H17ClN6O. The smallest absolute Gasteiger partial charge is 0.273 e. The molecule has 3 N–H and O–H groups in total. The number of hydrogen-bond donors (Lipinski definition) is 2. The van der Waals surface area contributed by atoms with Crippen molar-refractivity contribution in [2.24, 2.45) is 0 Å². The van der Waals surface area contributed by atoms with Crippen LogP contribution in [0, 0.1) is 13.8 Å². The number of rotatable bonds is 2. The normalized spacial score (nSPS) is 18.4. The number of nitrogens with one attached hydrogen (secondary N) is 1. The van der Waals surface area contributed by atoms with E-state index in [2.05, 4.69) is 15.3 Å². The maximum absolute atomic E-state index is 12.4. The van der Waals surface area contributed by atoms with E-state index >= 15 is 0 Å². The van der Waals surface area contributed by atoms with E-state index in [-0.39, 0.29) is 28.5 Å². The molecule has 1 saturated heterocycles. The SMILES string of the molecule is Cc1cc(C)n(C2CCN(C(=O)c3[nH]nc(N)c3Cl)C2)n1. The number of nitrogen functional groups attached to an aromatic ring is 1. The lowest BCUT2D eigenvalue weighted by Crippen LogP contribution is -2.30. The third-order valence-electron chi connectivity index (χ3n) is 3.79. The molecule has 2 aromatic heterocycles. The van der Waals surface area contributed by atoms with Crippen LogP contribution in [0.4, 0.5) is 5.82 Å². The molecule has 2 aromatic rings. The maximum Gasteiger partial charge on any atom is 0.273 e. The number of nitrogens with zero attached hydrogens (tertiary/aromatic N) is 4. The topological polar surface area (TPSA) is 92.8 Å². The molecule has 0 spiro atoms. The molecule has 3 heterocycles. The second-order valence-corrected chi connectivity index (χ2v) is 5.74. The predicted octanol–water partition coefficient (Wildman–Crippen LogP) is 1.55. The average Bonchev–Trinajstić information content (AvgIpc) is 3.11. The van der Waals surface area contributed by atoms with Gasteiger partial charge in [0.25, 0.3) is 5.91 Å². The summed E-state index contributed by atoms with van der Waals surface area (Å²) in [6.07, 6.45) is 0.870. The Morgan fingerprint density at radius 3 is 2.86 bits per heavy atom. The molecular weight excluding hydrogens is 292 g/mol. The number of H-pyrrole nitrogens is 1. The van der Waals surface area contributed by atoms with Gasteiger partial charge in [-0.2, -0.15) is 10.2 Å². The molecule has 0 aliphatic carbocycles. The number of carbonyl (C=O) groups excluding carboxylic acids is 1. The molecule has 8 heteroatoms. The van der Waals surface area contributed by atoms with E-state index in [1.54, 1.807) is 4.90 Å². The fourth-order valence-corrected chi connectivity index (χ4v) is 2.95. The van der Waals surface area contributed by atoms with E-state index in [4.69, 9.17) is 17.3 Å². The van der Waals surface area contributed by atoms with Crippen molar-refractivity contribution in [3.8, 4) is 0 Å². The second-order valence-electron chi connectivity index (χ2n) is 5.36. The first-order valence-corrected chi connectivity index (χ1v) is 7.16. The summed E-state index contributed by atoms with van der Waals surface area (Å²) in [5.74, 6) is -0.0254. The quantitative estimate of drug-likeness (QED) is 0.880. The molecule has 21 heavy (non-hydrogen) atoms. The molecule has 7 nitrogen and oxygen atoms in total. The first-order chi connectivity index (χ1) is 9.97. The number of amides is 1. The molecule has 3 rings (SSSR count). The van der Waals surface area contributed by atoms with Crippen LogP contribution in [-0.2, 0) is 0 Å². The van der Waals surface area contributed by atoms with E-state index in [1.807, 2.05) is 24.6 Å². The lowest BCUT2D eigenvalue weighted by Gasteiger charge is -2.16. The van der Waals surface area contributed by atoms with Crippen LogP contribution in [-0.4, -0.2) is 43.9 Å². The minimum Gasteiger partial charge on any atom is -0.381 e. The Hall–Kier alpha value is -2.02. The number of carbonyl (C=O) groups is 1. The minimum absolute atomic E-state index is 0.148. The maximum atomic E-state index is 12.4. The zero-order valence-corrected chi connectivity index (χ0v) is 12.7. The first-order valence-electron chi connectivity index (χ1n) is 6.78. The molecule has 0 aromatic carbocycles. The number of aromatic nitrogens is 4. The van der Waals surface area contributed by atoms with Crippen molar-refractivity contribution in [2.45, 2.75) is 26.3 Å². The van der Waals surface area contributed by atoms with Crippen molar-refractivity contribution in [1.82, 2.24) is 24.9 Å². The van der Waals surface area contributed by atoms with E-state index in [0.29, 0.717) is 13.1 Å². The number of aromatic amines is 1. The Bertz CT molecular complexity index is 691. The summed E-state index contributed by atoms with van der Waals surface area (Å²) < 4.78 is 1.99. The van der Waals surface area contributed by atoms with Crippen LogP contribution in [0.15, 0.2) is 6.07 Å². The zero-order valence-electron chi connectivity index (χ0n) is 11.9. The van der Waals surface area contributed by atoms with Crippen LogP contribution in [0.25, 0.3) is 0 Å². The van der Waals surface area contributed by atoms with Gasteiger partial charge in [0.15, 0.2) is 5.82 Å². The highest BCUT2D eigenvalue weighted by Gasteiger charge is 2.31. The minimum atomic E-state index is -0.173. The third kappa shape index (κ3) is 2.37. The molecule has 1 atom stereocenters. The van der Waals surface area contributed by atoms with Crippen LogP contribution in [0.5, 0.6) is 0 Å². The van der Waals surface area contributed by atoms with Gasteiger partial charge in [-0.05, 0) is 26.3 Å². The standard InChI is InChI=1S/C13H17ClN6O/c1-7-5-8(2)20(18-7)9-3-4-19(6-9)13(21)11-10(14)12(15)17-16-11/h5,9H,3-4,6H2,1-2H3,(H3,15,16,17). The van der Waals surface area contributed by atoms with Gasteiger partial charge in [-0.3, -0.25) is 14.6 Å². The van der Waals surface area contributed by atoms with Crippen LogP contribution in [0.3, 0.4) is 0 Å². The van der Waals surface area contributed by atoms with Crippen LogP contribution < -0.4 is 5.73 Å². The fraction of sp³-hybridized carbons (Fsp3) is 0.462. The Morgan fingerprint density at radius 2 is 2.29 bits per heavy atom. The monoisotopic (exact) mass is 308 g/mol. The van der Waals surface area contributed by atoms with Crippen molar-refractivity contribution in [3.63, 3.8) is 0 Å². The molecule has 0 saturated carbocycles. The summed E-state index contributed by atoms with van der Waals surface area (Å²) >= 11 is 5.98. The Kier molecular flexibility index (Phi) is 3.36. The number of aryl methyl sites for hydroxylation is 2. The van der Waals surface area contributed by atoms with E-state index < -0.39 is 0 Å². The van der Waals surface area contributed by atoms with Gasteiger partial charge in [0.2, 0.25) is 0 Å². The predicted molar refractivity (Wildman–Crippen MR) is 79.3 cm³/mol. The molecule has 112 valence electrons. The number of hydrogen-bond acceptors (Lipinski definition) is 4. The fourth-order valence-electron chi connectivity index (χ4n) is 2.78. The Balaban J connectivity index is 1.77. The summed E-state index contributed by atoms with van der Waals surface area (Å²) in [6, 6.07) is 2.23. The molecule has 1 aliphatic rings. The third-order valence-corrected chi connectivity index (χ3v) is 4.17. The average molecular weight is 309 g/mol. The van der Waals surface area contributed by atoms with Crippen molar-refractivity contribution >= 4 is 23.3 Å². The zero-order chi connectivity index (χ0) is 15.1. The van der Waals surface area contributed by atoms with Gasteiger partial charge in [0.05, 0.1) is 11.7 Å². The summed E-state index contributed by atoms with van der Waals surface area (Å²) in [5, 5.41) is 11.0. The molecule has 0 radical (unpaired) electrons. The van der Waals surface area contributed by atoms with E-state index in [9.17, 15) is 4.79 Å². The first kappa shape index (κ1) is 13.9. The van der Waals surface area contributed by atoms with Crippen molar-refractivity contribution in [1.29, 1.82) is 0 Å². The summed E-state index contributed by atoms with van der Waals surface area (Å²) in [5.41, 5.74) is 7.91. The molecule has 1 unspecified atom stereocenters. The van der Waals surface area contributed by atoms with Crippen molar-refractivity contribution in [3.05, 3.63) is 28.2 Å². The van der Waals surface area contributed by atoms with Gasteiger partial charge in [-0.15, -0.1) is 0 Å². The van der Waals surface area contributed by atoms with Crippen LogP contribution >= 0.6 is 11.6 Å². The highest BCUT2D eigenvalue weighted by atomic mass is 35.5. The molecule has 0 bridgehead atoms. The summed E-state index contributed by atoms with van der Waals surface area (Å²) in [7, 11) is 0. The number of anilines is 1. The van der Waals surface area contributed by atoms with Gasteiger partial charge in [-0.25, -0.2) is 0 Å². The van der Waals surface area contributed by atoms with Crippen molar-refractivity contribution < 1.29 is 4.79 Å². The van der Waals surface area contributed by atoms with Gasteiger partial charge in [0.1, 0.15) is 10.7 Å². The largest absolute Gasteiger partial charge is 0.381 e. The number of nitrogens with two attached hydrogens (primary N) is 1. The van der Waals surface area contributed by atoms with Crippen LogP contribution in [0.2, 0.25) is 5.02 Å². The molecule has 1 fully saturated rings. The number of halogens is 1. The van der Waals surface area contributed by atoms with E-state index in [0.717, 1.165) is 17.8 Å². The molecule has 1 aliphatic heterocycles. The van der Waals surface area contributed by atoms with Gasteiger partial charge < -0.3 is 10.6 Å². The summed E-state index contributed by atoms with van der Waals surface area (Å²) in [4.78, 5) is 14.2. The Morgan fingerprint density at radius 1 is 1.52 bits per heavy atom. The highest BCUT2D eigenvalue weighted by Crippen LogP contribution is 2.27. The molecule has 1 amide bonds. The van der Waals surface area contributed by atoms with Gasteiger partial charge in [-0.1, -0.05) is 11.6 Å². The Labute approximate surface area is 127 Å². The van der Waals surface area contributed by atoms with Crippen LogP contribution in [0.1, 0.15) is 34.3 Å². The summed E-state index contributed by atoms with van der Waals surface area (Å²) in [6.45, 7) is 5.26. The highest BCUT2D eigenvalue weighted by molar-refractivity contribution is 6.35. The van der Waals surface area contributed by atoms with Gasteiger partial charge in [0, 0.05) is 18.8 Å². The van der Waals surface area contributed by atoms with Gasteiger partial charge >= 0.3 is 0 Å². The lowest BCUT2D eigenvalue weighted by molar-refractivity contribution is 0.0781. The number of likely N-dealkylation sites (tertiary alicyclic amines) is 1. The van der Waals surface area contributed by atoms with E-state index in [1.165, 1.54) is 0 Å². The van der Waals surface area contributed by atoms with Crippen molar-refractivity contribution in [2.75, 3.05) is 18.8 Å². The second kappa shape index (κ2) is 5.07.